The first-order valence-corrected chi connectivity index (χ1v) is 11.2. The number of furan rings is 1. The maximum Gasteiger partial charge on any atom is 0.248 e. The van der Waals surface area contributed by atoms with E-state index in [1.165, 1.54) is 44.8 Å². The molecule has 0 saturated heterocycles. The number of rotatable bonds is 9. The molecule has 1 amide bonds. The predicted molar refractivity (Wildman–Crippen MR) is 121 cm³/mol. The summed E-state index contributed by atoms with van der Waals surface area (Å²) in [5.74, 6) is 0.863. The molecule has 32 heavy (non-hydrogen) atoms. The van der Waals surface area contributed by atoms with Gasteiger partial charge in [0, 0.05) is 11.8 Å². The van der Waals surface area contributed by atoms with E-state index in [-0.39, 0.29) is 11.4 Å². The summed E-state index contributed by atoms with van der Waals surface area (Å²) >= 11 is 6.17. The van der Waals surface area contributed by atoms with E-state index in [9.17, 15) is 13.2 Å². The van der Waals surface area contributed by atoms with Crippen LogP contribution in [0.1, 0.15) is 11.3 Å². The first-order chi connectivity index (χ1) is 15.3. The molecule has 0 aliphatic carbocycles. The van der Waals surface area contributed by atoms with Crippen molar-refractivity contribution in [3.63, 3.8) is 0 Å². The minimum atomic E-state index is -3.79. The number of benzene rings is 2. The Morgan fingerprint density at radius 1 is 1.12 bits per heavy atom. The third-order valence-corrected chi connectivity index (χ3v) is 5.99. The highest BCUT2D eigenvalue weighted by Crippen LogP contribution is 2.36. The zero-order valence-corrected chi connectivity index (χ0v) is 18.9. The number of halogens is 1. The Morgan fingerprint density at radius 2 is 1.94 bits per heavy atom. The number of ether oxygens (including phenoxy) is 2. The maximum atomic E-state index is 12.5. The lowest BCUT2D eigenvalue weighted by Crippen LogP contribution is -2.23. The fourth-order valence-electron chi connectivity index (χ4n) is 2.79. The molecule has 0 saturated carbocycles. The lowest BCUT2D eigenvalue weighted by molar-refractivity contribution is -0.111. The molecule has 0 bridgehead atoms. The van der Waals surface area contributed by atoms with Gasteiger partial charge < -0.3 is 19.2 Å². The third-order valence-electron chi connectivity index (χ3n) is 4.31. The average Bonchev–Trinajstić information content (AvgIpc) is 3.30. The summed E-state index contributed by atoms with van der Waals surface area (Å²) in [6, 6.07) is 12.6. The van der Waals surface area contributed by atoms with Gasteiger partial charge in [0.25, 0.3) is 0 Å². The van der Waals surface area contributed by atoms with Crippen LogP contribution in [0.5, 0.6) is 11.5 Å². The van der Waals surface area contributed by atoms with Crippen LogP contribution in [0.4, 0.5) is 5.69 Å². The van der Waals surface area contributed by atoms with Crippen LogP contribution < -0.4 is 19.5 Å². The van der Waals surface area contributed by atoms with Crippen molar-refractivity contribution in [2.24, 2.45) is 0 Å². The summed E-state index contributed by atoms with van der Waals surface area (Å²) in [4.78, 5) is 12.3. The number of amides is 1. The number of hydrogen-bond acceptors (Lipinski definition) is 6. The van der Waals surface area contributed by atoms with Crippen LogP contribution in [-0.2, 0) is 21.4 Å². The molecular weight excluding hydrogens is 456 g/mol. The molecule has 2 aromatic carbocycles. The molecule has 0 aliphatic heterocycles. The van der Waals surface area contributed by atoms with E-state index in [4.69, 9.17) is 25.5 Å². The standard InChI is InChI=1S/C22H21ClN2O6S/c1-29-20-12-15(11-19(23)22(20)30-2)8-9-21(26)25-16-5-3-7-18(13-16)32(27,28)24-14-17-6-4-10-31-17/h3-13,24H,14H2,1-2H3,(H,25,26)/b9-8+. The normalized spacial score (nSPS) is 11.5. The predicted octanol–water partition coefficient (Wildman–Crippen LogP) is 4.08. The average molecular weight is 477 g/mol. The van der Waals surface area contributed by atoms with E-state index in [1.807, 2.05) is 0 Å². The van der Waals surface area contributed by atoms with E-state index >= 15 is 0 Å². The highest BCUT2D eigenvalue weighted by atomic mass is 35.5. The van der Waals surface area contributed by atoms with Gasteiger partial charge in [-0.25, -0.2) is 13.1 Å². The van der Waals surface area contributed by atoms with Crippen LogP contribution in [0.2, 0.25) is 5.02 Å². The lowest BCUT2D eigenvalue weighted by atomic mass is 10.2. The van der Waals surface area contributed by atoms with Gasteiger partial charge in [0.2, 0.25) is 15.9 Å². The largest absolute Gasteiger partial charge is 0.493 e. The number of carbonyl (C=O) groups is 1. The van der Waals surface area contributed by atoms with Gasteiger partial charge in [-0.1, -0.05) is 17.7 Å². The molecule has 1 aromatic heterocycles. The van der Waals surface area contributed by atoms with Crippen molar-refractivity contribution in [2.45, 2.75) is 11.4 Å². The van der Waals surface area contributed by atoms with Crippen molar-refractivity contribution in [1.29, 1.82) is 0 Å². The van der Waals surface area contributed by atoms with Crippen LogP contribution in [0, 0.1) is 0 Å². The van der Waals surface area contributed by atoms with Crippen LogP contribution in [0.15, 0.2) is 70.2 Å². The van der Waals surface area contributed by atoms with Gasteiger partial charge in [0.1, 0.15) is 5.76 Å². The summed E-state index contributed by atoms with van der Waals surface area (Å²) < 4.78 is 43.0. The van der Waals surface area contributed by atoms with Crippen molar-refractivity contribution < 1.29 is 27.1 Å². The number of sulfonamides is 1. The summed E-state index contributed by atoms with van der Waals surface area (Å²) in [5.41, 5.74) is 0.951. The highest BCUT2D eigenvalue weighted by molar-refractivity contribution is 7.89. The summed E-state index contributed by atoms with van der Waals surface area (Å²) in [5, 5.41) is 2.97. The van der Waals surface area contributed by atoms with Crippen molar-refractivity contribution >= 4 is 39.3 Å². The van der Waals surface area contributed by atoms with Crippen LogP contribution in [-0.4, -0.2) is 28.5 Å². The fourth-order valence-corrected chi connectivity index (χ4v) is 4.13. The molecule has 3 aromatic rings. The monoisotopic (exact) mass is 476 g/mol. The zero-order chi connectivity index (χ0) is 23.1. The molecule has 0 atom stereocenters. The molecule has 0 spiro atoms. The van der Waals surface area contributed by atoms with E-state index in [0.717, 1.165) is 0 Å². The Morgan fingerprint density at radius 3 is 2.62 bits per heavy atom. The SMILES string of the molecule is COc1cc(/C=C/C(=O)Nc2cccc(S(=O)(=O)NCc3ccco3)c2)cc(Cl)c1OC. The molecule has 0 fully saturated rings. The molecule has 2 N–H and O–H groups in total. The number of nitrogens with one attached hydrogen (secondary N) is 2. The second kappa shape index (κ2) is 10.4. The van der Waals surface area contributed by atoms with Gasteiger partial charge >= 0.3 is 0 Å². The van der Waals surface area contributed by atoms with Gasteiger partial charge in [-0.05, 0) is 54.1 Å². The number of anilines is 1. The topological polar surface area (TPSA) is 107 Å². The molecule has 0 unspecified atom stereocenters. The van der Waals surface area contributed by atoms with Crippen molar-refractivity contribution in [3.8, 4) is 11.5 Å². The van der Waals surface area contributed by atoms with Gasteiger partial charge in [-0.2, -0.15) is 0 Å². The number of hydrogen-bond donors (Lipinski definition) is 2. The summed E-state index contributed by atoms with van der Waals surface area (Å²) in [7, 11) is -0.824. The Bertz CT molecular complexity index is 1220. The van der Waals surface area contributed by atoms with Crippen LogP contribution in [0.25, 0.3) is 6.08 Å². The minimum absolute atomic E-state index is 0.0116. The van der Waals surface area contributed by atoms with Crippen molar-refractivity contribution in [1.82, 2.24) is 4.72 Å². The second-order valence-corrected chi connectivity index (χ2v) is 8.67. The van der Waals surface area contributed by atoms with E-state index in [2.05, 4.69) is 10.0 Å². The lowest BCUT2D eigenvalue weighted by Gasteiger charge is -2.10. The third kappa shape index (κ3) is 5.91. The molecule has 1 heterocycles. The van der Waals surface area contributed by atoms with Crippen LogP contribution in [0.3, 0.4) is 0 Å². The zero-order valence-electron chi connectivity index (χ0n) is 17.3. The Balaban J connectivity index is 1.69. The molecule has 10 heteroatoms. The molecule has 8 nitrogen and oxygen atoms in total. The molecule has 0 radical (unpaired) electrons. The summed E-state index contributed by atoms with van der Waals surface area (Å²) in [6.45, 7) is 0.0164. The molecular formula is C22H21ClN2O6S. The van der Waals surface area contributed by atoms with Crippen molar-refractivity contribution in [2.75, 3.05) is 19.5 Å². The molecule has 0 aliphatic rings. The Hall–Kier alpha value is -3.27. The summed E-state index contributed by atoms with van der Waals surface area (Å²) in [6.07, 6.45) is 4.31. The number of carbonyl (C=O) groups excluding carboxylic acids is 1. The van der Waals surface area contributed by atoms with Crippen LogP contribution >= 0.6 is 11.6 Å². The smallest absolute Gasteiger partial charge is 0.248 e. The minimum Gasteiger partial charge on any atom is -0.493 e. The maximum absolute atomic E-state index is 12.5. The van der Waals surface area contributed by atoms with Gasteiger partial charge in [-0.15, -0.1) is 0 Å². The Labute approximate surface area is 190 Å². The second-order valence-electron chi connectivity index (χ2n) is 6.49. The van der Waals surface area contributed by atoms with E-state index in [1.54, 1.807) is 36.4 Å². The number of methoxy groups -OCH3 is 2. The van der Waals surface area contributed by atoms with Crippen molar-refractivity contribution in [3.05, 3.63) is 77.2 Å². The highest BCUT2D eigenvalue weighted by Gasteiger charge is 2.15. The molecule has 168 valence electrons. The Kier molecular flexibility index (Phi) is 7.57. The first kappa shape index (κ1) is 23.4. The van der Waals surface area contributed by atoms with E-state index in [0.29, 0.717) is 33.5 Å². The van der Waals surface area contributed by atoms with Gasteiger partial charge in [0.15, 0.2) is 11.5 Å². The first-order valence-electron chi connectivity index (χ1n) is 9.35. The quantitative estimate of drug-likeness (QED) is 0.451. The van der Waals surface area contributed by atoms with Gasteiger partial charge in [-0.3, -0.25) is 4.79 Å². The molecule has 3 rings (SSSR count). The fraction of sp³-hybridized carbons (Fsp3) is 0.136. The van der Waals surface area contributed by atoms with E-state index < -0.39 is 15.9 Å². The van der Waals surface area contributed by atoms with Gasteiger partial charge in [0.05, 0.1) is 36.9 Å².